The van der Waals surface area contributed by atoms with Crippen molar-refractivity contribution in [2.24, 2.45) is 0 Å². The highest BCUT2D eigenvalue weighted by molar-refractivity contribution is 5.76. The van der Waals surface area contributed by atoms with Crippen LogP contribution in [-0.4, -0.2) is 31.1 Å². The zero-order valence-corrected chi connectivity index (χ0v) is 11.4. The Morgan fingerprint density at radius 3 is 2.70 bits per heavy atom. The summed E-state index contributed by atoms with van der Waals surface area (Å²) in [5.41, 5.74) is 0.972. The lowest BCUT2D eigenvalue weighted by Gasteiger charge is -2.21. The first-order valence-corrected chi connectivity index (χ1v) is 6.76. The average molecular weight is 283 g/mol. The molecule has 1 aromatic carbocycles. The summed E-state index contributed by atoms with van der Waals surface area (Å²) < 4.78 is 31.2. The Bertz CT molecular complexity index is 450. The smallest absolute Gasteiger partial charge is 0.323 e. The summed E-state index contributed by atoms with van der Waals surface area (Å²) in [4.78, 5) is 11.8. The van der Waals surface area contributed by atoms with Crippen molar-refractivity contribution in [2.45, 2.75) is 43.7 Å². The standard InChI is InChI=1S/C15H19F2NO2/c1-20-14(19)13(9-11-5-3-2-4-6-11)18-12-7-8-15(16,17)10-12/h2-6,12-13,18H,7-10H2,1H3/t12?,13-/m0/s1. The Labute approximate surface area is 117 Å². The zero-order valence-electron chi connectivity index (χ0n) is 11.4. The monoisotopic (exact) mass is 283 g/mol. The third kappa shape index (κ3) is 4.00. The van der Waals surface area contributed by atoms with Crippen molar-refractivity contribution in [3.63, 3.8) is 0 Å². The molecule has 1 aliphatic rings. The van der Waals surface area contributed by atoms with E-state index in [9.17, 15) is 13.6 Å². The molecule has 0 spiro atoms. The van der Waals surface area contributed by atoms with Gasteiger partial charge >= 0.3 is 5.97 Å². The fraction of sp³-hybridized carbons (Fsp3) is 0.533. The largest absolute Gasteiger partial charge is 0.468 e. The number of halogens is 2. The van der Waals surface area contributed by atoms with Gasteiger partial charge in [-0.2, -0.15) is 0 Å². The molecule has 2 atom stereocenters. The van der Waals surface area contributed by atoms with Gasteiger partial charge in [-0.25, -0.2) is 8.78 Å². The molecule has 1 saturated carbocycles. The molecule has 1 fully saturated rings. The number of hydrogen-bond donors (Lipinski definition) is 1. The molecule has 0 amide bonds. The highest BCUT2D eigenvalue weighted by Crippen LogP contribution is 2.35. The van der Waals surface area contributed by atoms with Crippen LogP contribution in [0.25, 0.3) is 0 Å². The molecule has 0 aliphatic heterocycles. The molecule has 2 rings (SSSR count). The third-order valence-corrected chi connectivity index (χ3v) is 3.61. The molecule has 1 aromatic rings. The number of rotatable bonds is 5. The summed E-state index contributed by atoms with van der Waals surface area (Å²) in [5, 5.41) is 3.02. The highest BCUT2D eigenvalue weighted by atomic mass is 19.3. The van der Waals surface area contributed by atoms with Crippen LogP contribution in [0.1, 0.15) is 24.8 Å². The van der Waals surface area contributed by atoms with E-state index < -0.39 is 17.9 Å². The number of methoxy groups -OCH3 is 1. The van der Waals surface area contributed by atoms with Crippen molar-refractivity contribution >= 4 is 5.97 Å². The molecule has 0 aromatic heterocycles. The van der Waals surface area contributed by atoms with Crippen LogP contribution in [0.15, 0.2) is 30.3 Å². The van der Waals surface area contributed by atoms with Crippen LogP contribution < -0.4 is 5.32 Å². The minimum Gasteiger partial charge on any atom is -0.468 e. The topological polar surface area (TPSA) is 38.3 Å². The number of benzene rings is 1. The van der Waals surface area contributed by atoms with Gasteiger partial charge in [0.2, 0.25) is 5.92 Å². The van der Waals surface area contributed by atoms with E-state index in [-0.39, 0.29) is 18.9 Å². The molecule has 1 aliphatic carbocycles. The van der Waals surface area contributed by atoms with Crippen molar-refractivity contribution < 1.29 is 18.3 Å². The zero-order chi connectivity index (χ0) is 14.6. The molecule has 5 heteroatoms. The molecule has 0 bridgehead atoms. The molecule has 0 saturated heterocycles. The molecule has 1 unspecified atom stereocenters. The Balaban J connectivity index is 1.99. The lowest BCUT2D eigenvalue weighted by molar-refractivity contribution is -0.143. The molecule has 20 heavy (non-hydrogen) atoms. The van der Waals surface area contributed by atoms with Crippen LogP contribution in [0.3, 0.4) is 0 Å². The van der Waals surface area contributed by atoms with Gasteiger partial charge < -0.3 is 10.1 Å². The first-order chi connectivity index (χ1) is 9.50. The Morgan fingerprint density at radius 1 is 1.45 bits per heavy atom. The maximum atomic E-state index is 13.2. The molecular weight excluding hydrogens is 264 g/mol. The molecule has 110 valence electrons. The van der Waals surface area contributed by atoms with Gasteiger partial charge in [0, 0.05) is 18.9 Å². The lowest BCUT2D eigenvalue weighted by Crippen LogP contribution is -2.44. The lowest BCUT2D eigenvalue weighted by atomic mass is 10.0. The van der Waals surface area contributed by atoms with Crippen LogP contribution in [0.2, 0.25) is 0 Å². The van der Waals surface area contributed by atoms with Crippen LogP contribution >= 0.6 is 0 Å². The Hall–Kier alpha value is -1.49. The molecule has 0 heterocycles. The van der Waals surface area contributed by atoms with E-state index in [2.05, 4.69) is 5.32 Å². The summed E-state index contributed by atoms with van der Waals surface area (Å²) in [5.74, 6) is -3.03. The van der Waals surface area contributed by atoms with Gasteiger partial charge in [-0.15, -0.1) is 0 Å². The van der Waals surface area contributed by atoms with E-state index in [1.807, 2.05) is 30.3 Å². The summed E-state index contributed by atoms with van der Waals surface area (Å²) in [7, 11) is 1.31. The first-order valence-electron chi connectivity index (χ1n) is 6.76. The van der Waals surface area contributed by atoms with Gasteiger partial charge in [0.25, 0.3) is 0 Å². The molecule has 0 radical (unpaired) electrons. The van der Waals surface area contributed by atoms with Crippen molar-refractivity contribution in [1.82, 2.24) is 5.32 Å². The fourth-order valence-corrected chi connectivity index (χ4v) is 2.58. The predicted molar refractivity (Wildman–Crippen MR) is 71.7 cm³/mol. The number of alkyl halides is 2. The van der Waals surface area contributed by atoms with Crippen LogP contribution in [0, 0.1) is 0 Å². The minimum atomic E-state index is -2.62. The van der Waals surface area contributed by atoms with Gasteiger partial charge in [0.05, 0.1) is 7.11 Å². The summed E-state index contributed by atoms with van der Waals surface area (Å²) >= 11 is 0. The number of nitrogens with one attached hydrogen (secondary N) is 1. The van der Waals surface area contributed by atoms with E-state index >= 15 is 0 Å². The van der Waals surface area contributed by atoms with Crippen molar-refractivity contribution in [2.75, 3.05) is 7.11 Å². The number of carbonyl (C=O) groups excluding carboxylic acids is 1. The summed E-state index contributed by atoms with van der Waals surface area (Å²) in [6.07, 6.45) is 0.490. The SMILES string of the molecule is COC(=O)[C@H](Cc1ccccc1)NC1CCC(F)(F)C1. The Kier molecular flexibility index (Phi) is 4.70. The van der Waals surface area contributed by atoms with Crippen molar-refractivity contribution in [3.8, 4) is 0 Å². The normalized spacial score (nSPS) is 22.4. The first kappa shape index (κ1) is 14.9. The van der Waals surface area contributed by atoms with Gasteiger partial charge in [-0.1, -0.05) is 30.3 Å². The molecule has 3 nitrogen and oxygen atoms in total. The number of carbonyl (C=O) groups is 1. The van der Waals surface area contributed by atoms with Crippen LogP contribution in [0.5, 0.6) is 0 Å². The van der Waals surface area contributed by atoms with Gasteiger partial charge in [-0.3, -0.25) is 4.79 Å². The van der Waals surface area contributed by atoms with Gasteiger partial charge in [-0.05, 0) is 18.4 Å². The second kappa shape index (κ2) is 6.31. The number of ether oxygens (including phenoxy) is 1. The van der Waals surface area contributed by atoms with Gasteiger partial charge in [0.15, 0.2) is 0 Å². The molecular formula is C15H19F2NO2. The van der Waals surface area contributed by atoms with E-state index in [1.54, 1.807) is 0 Å². The quantitative estimate of drug-likeness (QED) is 0.844. The second-order valence-corrected chi connectivity index (χ2v) is 5.23. The number of esters is 1. The summed E-state index contributed by atoms with van der Waals surface area (Å²) in [6.45, 7) is 0. The van der Waals surface area contributed by atoms with Crippen molar-refractivity contribution in [1.29, 1.82) is 0 Å². The Morgan fingerprint density at radius 2 is 2.15 bits per heavy atom. The minimum absolute atomic E-state index is 0.121. The maximum absolute atomic E-state index is 13.2. The van der Waals surface area contributed by atoms with E-state index in [0.29, 0.717) is 12.8 Å². The van der Waals surface area contributed by atoms with Crippen LogP contribution in [-0.2, 0) is 16.0 Å². The summed E-state index contributed by atoms with van der Waals surface area (Å²) in [6, 6.07) is 8.54. The van der Waals surface area contributed by atoms with Crippen molar-refractivity contribution in [3.05, 3.63) is 35.9 Å². The number of hydrogen-bond acceptors (Lipinski definition) is 3. The highest BCUT2D eigenvalue weighted by Gasteiger charge is 2.40. The van der Waals surface area contributed by atoms with Crippen LogP contribution in [0.4, 0.5) is 8.78 Å². The fourth-order valence-electron chi connectivity index (χ4n) is 2.58. The predicted octanol–water partition coefficient (Wildman–Crippen LogP) is 2.55. The average Bonchev–Trinajstić information content (AvgIpc) is 2.77. The van der Waals surface area contributed by atoms with E-state index in [1.165, 1.54) is 7.11 Å². The maximum Gasteiger partial charge on any atom is 0.323 e. The third-order valence-electron chi connectivity index (χ3n) is 3.61. The second-order valence-electron chi connectivity index (χ2n) is 5.23. The van der Waals surface area contributed by atoms with E-state index in [0.717, 1.165) is 5.56 Å². The van der Waals surface area contributed by atoms with Gasteiger partial charge in [0.1, 0.15) is 6.04 Å². The van der Waals surface area contributed by atoms with E-state index in [4.69, 9.17) is 4.74 Å². The molecule has 1 N–H and O–H groups in total.